The molecule has 3 heterocycles. The second kappa shape index (κ2) is 10.3. The molecular weight excluding hydrogens is 541 g/mol. The Bertz CT molecular complexity index is 997. The van der Waals surface area contributed by atoms with Gasteiger partial charge in [-0.1, -0.05) is 6.07 Å². The fourth-order valence-electron chi connectivity index (χ4n) is 5.60. The smallest absolute Gasteiger partial charge is 0.480 e. The lowest BCUT2D eigenvalue weighted by atomic mass is 9.84. The number of morpholine rings is 1. The Morgan fingerprint density at radius 3 is 2.18 bits per heavy atom. The number of hydrogen-bond acceptors (Lipinski definition) is 6. The summed E-state index contributed by atoms with van der Waals surface area (Å²) in [6.45, 7) is 0.657. The number of carbonyl (C=O) groups is 1. The number of ether oxygens (including phenoxy) is 2. The predicted molar refractivity (Wildman–Crippen MR) is 112 cm³/mol. The van der Waals surface area contributed by atoms with Crippen molar-refractivity contribution in [3.63, 3.8) is 0 Å². The number of fused-ring (bicyclic) bond motifs is 1. The Labute approximate surface area is 210 Å². The van der Waals surface area contributed by atoms with Crippen LogP contribution in [0.2, 0.25) is 0 Å². The zero-order valence-electron chi connectivity index (χ0n) is 19.5. The Kier molecular flexibility index (Phi) is 7.71. The van der Waals surface area contributed by atoms with Gasteiger partial charge in [-0.25, -0.2) is 0 Å². The molecule has 3 fully saturated rings. The average molecular weight is 565 g/mol. The molecule has 38 heavy (non-hydrogen) atoms. The molecule has 0 spiro atoms. The third kappa shape index (κ3) is 6.22. The van der Waals surface area contributed by atoms with E-state index in [0.29, 0.717) is 32.0 Å². The summed E-state index contributed by atoms with van der Waals surface area (Å²) >= 11 is 0. The van der Waals surface area contributed by atoms with Gasteiger partial charge in [0.05, 0.1) is 13.2 Å². The van der Waals surface area contributed by atoms with Crippen LogP contribution in [0.3, 0.4) is 0 Å². The molecular formula is C22H24F9N3O4. The minimum Gasteiger partial charge on any atom is -0.480 e. The van der Waals surface area contributed by atoms with Gasteiger partial charge in [0.2, 0.25) is 0 Å². The third-order valence-corrected chi connectivity index (χ3v) is 7.13. The molecule has 1 aromatic rings. The molecule has 0 amide bonds. The van der Waals surface area contributed by atoms with Crippen molar-refractivity contribution in [1.82, 2.24) is 10.2 Å². The van der Waals surface area contributed by atoms with E-state index in [9.17, 15) is 49.4 Å². The van der Waals surface area contributed by atoms with Crippen LogP contribution in [0.15, 0.2) is 18.2 Å². The van der Waals surface area contributed by atoms with Crippen LogP contribution in [0.1, 0.15) is 5.56 Å². The monoisotopic (exact) mass is 565 g/mol. The molecule has 16 heteroatoms. The molecule has 4 unspecified atom stereocenters. The Morgan fingerprint density at radius 1 is 1.03 bits per heavy atom. The number of carboxylic acids is 1. The van der Waals surface area contributed by atoms with Crippen molar-refractivity contribution in [2.75, 3.05) is 44.3 Å². The molecule has 0 aliphatic carbocycles. The van der Waals surface area contributed by atoms with Crippen LogP contribution in [-0.2, 0) is 16.1 Å². The lowest BCUT2D eigenvalue weighted by Gasteiger charge is -2.32. The zero-order valence-corrected chi connectivity index (χ0v) is 19.5. The van der Waals surface area contributed by atoms with Crippen LogP contribution in [0, 0.1) is 17.8 Å². The van der Waals surface area contributed by atoms with Gasteiger partial charge in [0.25, 0.3) is 0 Å². The van der Waals surface area contributed by atoms with Gasteiger partial charge in [-0.15, -0.1) is 13.2 Å². The number of rotatable bonds is 6. The highest BCUT2D eigenvalue weighted by atomic mass is 19.4. The largest absolute Gasteiger partial charge is 0.573 e. The van der Waals surface area contributed by atoms with Crippen LogP contribution in [0.25, 0.3) is 0 Å². The number of benzene rings is 1. The van der Waals surface area contributed by atoms with Crippen LogP contribution >= 0.6 is 0 Å². The summed E-state index contributed by atoms with van der Waals surface area (Å²) in [4.78, 5) is 14.8. The van der Waals surface area contributed by atoms with E-state index in [1.165, 1.54) is 23.1 Å². The molecule has 0 bridgehead atoms. The van der Waals surface area contributed by atoms with Crippen molar-refractivity contribution in [3.05, 3.63) is 23.8 Å². The van der Waals surface area contributed by atoms with Crippen LogP contribution in [0.5, 0.6) is 5.75 Å². The maximum atomic E-state index is 13.4. The molecule has 3 saturated heterocycles. The predicted octanol–water partition coefficient (Wildman–Crippen LogP) is 3.64. The third-order valence-electron chi connectivity index (χ3n) is 7.13. The molecule has 4 atom stereocenters. The number of halogens is 9. The van der Waals surface area contributed by atoms with Gasteiger partial charge in [-0.2, -0.15) is 26.3 Å². The topological polar surface area (TPSA) is 74.3 Å². The van der Waals surface area contributed by atoms with Gasteiger partial charge < -0.3 is 24.8 Å². The molecule has 214 valence electrons. The number of nitrogens with one attached hydrogen (secondary N) is 1. The summed E-state index contributed by atoms with van der Waals surface area (Å²) in [6, 6.07) is 0.101. The fraction of sp³-hybridized carbons (Fsp3) is 0.682. The number of carboxylic acid groups (broad SMARTS) is 1. The minimum atomic E-state index is -5.69. The highest BCUT2D eigenvalue weighted by Gasteiger charge is 2.66. The Balaban J connectivity index is 1.59. The SMILES string of the molecule is O=C(O)C1NC(C(C(F)(F)F)C(F)(F)F)C2CN(Cc3ccc(N4CCOCC4)cc3OC(F)(F)F)CC12. The Morgan fingerprint density at radius 2 is 1.63 bits per heavy atom. The van der Waals surface area contributed by atoms with Crippen LogP contribution in [-0.4, -0.2) is 86.2 Å². The highest BCUT2D eigenvalue weighted by molar-refractivity contribution is 5.74. The quantitative estimate of drug-likeness (QED) is 0.511. The molecule has 7 nitrogen and oxygen atoms in total. The van der Waals surface area contributed by atoms with E-state index in [4.69, 9.17) is 4.74 Å². The minimum absolute atomic E-state index is 0.00103. The van der Waals surface area contributed by atoms with E-state index in [2.05, 4.69) is 4.74 Å². The van der Waals surface area contributed by atoms with Crippen molar-refractivity contribution in [2.24, 2.45) is 17.8 Å². The lowest BCUT2D eigenvalue weighted by Crippen LogP contribution is -2.53. The molecule has 0 saturated carbocycles. The first-order chi connectivity index (χ1) is 17.5. The zero-order chi connectivity index (χ0) is 28.0. The first-order valence-electron chi connectivity index (χ1n) is 11.6. The molecule has 2 N–H and O–H groups in total. The van der Waals surface area contributed by atoms with E-state index < -0.39 is 60.3 Å². The first kappa shape index (κ1) is 28.5. The normalized spacial score (nSPS) is 27.2. The summed E-state index contributed by atoms with van der Waals surface area (Å²) in [6.07, 6.45) is -16.4. The van der Waals surface area contributed by atoms with Gasteiger partial charge in [0.1, 0.15) is 11.8 Å². The van der Waals surface area contributed by atoms with E-state index in [1.807, 2.05) is 5.32 Å². The van der Waals surface area contributed by atoms with Crippen LogP contribution in [0.4, 0.5) is 45.2 Å². The number of likely N-dealkylation sites (tertiary alicyclic amines) is 1. The summed E-state index contributed by atoms with van der Waals surface area (Å²) in [5, 5.41) is 11.5. The number of alkyl halides is 9. The van der Waals surface area contributed by atoms with Crippen molar-refractivity contribution in [2.45, 2.75) is 37.3 Å². The van der Waals surface area contributed by atoms with Crippen LogP contribution < -0.4 is 15.0 Å². The molecule has 3 aliphatic heterocycles. The highest BCUT2D eigenvalue weighted by Crippen LogP contribution is 2.49. The first-order valence-corrected chi connectivity index (χ1v) is 11.6. The molecule has 4 rings (SSSR count). The summed E-state index contributed by atoms with van der Waals surface area (Å²) in [5.74, 6) is -8.45. The van der Waals surface area contributed by atoms with E-state index in [-0.39, 0.29) is 25.2 Å². The average Bonchev–Trinajstić information content (AvgIpc) is 3.32. The van der Waals surface area contributed by atoms with E-state index in [0.717, 1.165) is 0 Å². The standard InChI is InChI=1S/C22H24F9N3O4/c23-20(24,25)18(21(26,27)28)16-13-9-33(10-14(13)17(32-16)19(35)36)8-11-1-2-12(34-3-5-37-6-4-34)7-15(11)38-22(29,30)31/h1-2,7,13-14,16-18,32H,3-6,8-10H2,(H,35,36). The van der Waals surface area contributed by atoms with Crippen molar-refractivity contribution >= 4 is 11.7 Å². The maximum Gasteiger partial charge on any atom is 0.573 e. The second-order valence-electron chi connectivity index (χ2n) is 9.53. The van der Waals surface area contributed by atoms with Crippen molar-refractivity contribution in [3.8, 4) is 5.75 Å². The number of hydrogen-bond donors (Lipinski definition) is 2. The number of anilines is 1. The van der Waals surface area contributed by atoms with Crippen molar-refractivity contribution in [1.29, 1.82) is 0 Å². The van der Waals surface area contributed by atoms with Gasteiger partial charge in [-0.3, -0.25) is 9.69 Å². The molecule has 3 aliphatic rings. The summed E-state index contributed by atoms with van der Waals surface area (Å²) in [7, 11) is 0. The van der Waals surface area contributed by atoms with Crippen molar-refractivity contribution < 1.29 is 58.9 Å². The van der Waals surface area contributed by atoms with Gasteiger partial charge in [0.15, 0.2) is 5.92 Å². The number of nitrogens with zero attached hydrogens (tertiary/aromatic N) is 2. The van der Waals surface area contributed by atoms with E-state index in [1.54, 1.807) is 4.90 Å². The van der Waals surface area contributed by atoms with E-state index >= 15 is 0 Å². The summed E-state index contributed by atoms with van der Waals surface area (Å²) < 4.78 is 130. The lowest BCUT2D eigenvalue weighted by molar-refractivity contribution is -0.293. The van der Waals surface area contributed by atoms with Gasteiger partial charge in [-0.05, 0) is 12.0 Å². The van der Waals surface area contributed by atoms with Gasteiger partial charge >= 0.3 is 24.7 Å². The van der Waals surface area contributed by atoms with Gasteiger partial charge in [0, 0.05) is 62.0 Å². The molecule has 0 radical (unpaired) electrons. The Hall–Kier alpha value is -2.46. The summed E-state index contributed by atoms with van der Waals surface area (Å²) in [5.41, 5.74) is 0.418. The second-order valence-corrected chi connectivity index (χ2v) is 9.53. The molecule has 1 aromatic carbocycles. The maximum absolute atomic E-state index is 13.4. The number of aliphatic carboxylic acids is 1. The molecule has 0 aromatic heterocycles. The fourth-order valence-corrected chi connectivity index (χ4v) is 5.60.